The van der Waals surface area contributed by atoms with Gasteiger partial charge in [-0.1, -0.05) is 109 Å². The van der Waals surface area contributed by atoms with Gasteiger partial charge in [0.15, 0.2) is 0 Å². The Labute approximate surface area is 324 Å². The molecule has 6 aromatic rings. The average Bonchev–Trinajstić information content (AvgIpc) is 3.24. The Hall–Kier alpha value is -6.12. The molecule has 0 bridgehead atoms. The zero-order valence-corrected chi connectivity index (χ0v) is 31.2. The molecule has 0 spiro atoms. The molecule has 0 unspecified atom stereocenters. The molecule has 6 nitrogen and oxygen atoms in total. The van der Waals surface area contributed by atoms with Crippen LogP contribution in [0, 0.1) is 23.7 Å². The van der Waals surface area contributed by atoms with Crippen LogP contribution in [0.3, 0.4) is 0 Å². The van der Waals surface area contributed by atoms with E-state index in [2.05, 4.69) is 41.9 Å². The molecule has 0 amide bonds. The van der Waals surface area contributed by atoms with Crippen LogP contribution in [0.4, 0.5) is 0 Å². The molecule has 0 aromatic heterocycles. The number of rotatable bonds is 15. The van der Waals surface area contributed by atoms with Crippen molar-refractivity contribution in [1.29, 1.82) is 0 Å². The number of hydrogen-bond donors (Lipinski definition) is 1. The highest BCUT2D eigenvalue weighted by atomic mass is 16.5. The first-order chi connectivity index (χ1) is 27.1. The predicted molar refractivity (Wildman–Crippen MR) is 216 cm³/mol. The van der Waals surface area contributed by atoms with Crippen LogP contribution in [-0.2, 0) is 33.0 Å². The van der Waals surface area contributed by atoms with Crippen LogP contribution in [-0.4, -0.2) is 45.8 Å². The first-order valence-electron chi connectivity index (χ1n) is 18.2. The summed E-state index contributed by atoms with van der Waals surface area (Å²) < 4.78 is 29.5. The number of hydrogen-bond acceptors (Lipinski definition) is 6. The maximum absolute atomic E-state index is 8.95. The fourth-order valence-corrected chi connectivity index (χ4v) is 6.21. The third-order valence-electron chi connectivity index (χ3n) is 8.91. The first kappa shape index (κ1) is 38.6. The van der Waals surface area contributed by atoms with Gasteiger partial charge >= 0.3 is 0 Å². The van der Waals surface area contributed by atoms with E-state index in [0.29, 0.717) is 33.0 Å². The Morgan fingerprint density at radius 2 is 0.891 bits per heavy atom. The Morgan fingerprint density at radius 3 is 1.36 bits per heavy atom. The SMILES string of the molecule is COc1ccc(C(OCCOCc2cccc(C#Cc3cccc(C#Cc4cccc(COCCO)c4)c3)c2)(c2ccccc2)c2ccc(OC)cc2)cc1. The lowest BCUT2D eigenvalue weighted by atomic mass is 9.80. The Balaban J connectivity index is 1.11. The van der Waals surface area contributed by atoms with E-state index in [4.69, 9.17) is 28.8 Å². The molecule has 6 rings (SSSR count). The largest absolute Gasteiger partial charge is 0.497 e. The molecule has 0 aliphatic heterocycles. The van der Waals surface area contributed by atoms with Crippen molar-refractivity contribution in [3.63, 3.8) is 0 Å². The van der Waals surface area contributed by atoms with Crippen LogP contribution >= 0.6 is 0 Å². The van der Waals surface area contributed by atoms with Crippen LogP contribution in [0.5, 0.6) is 11.5 Å². The lowest BCUT2D eigenvalue weighted by Gasteiger charge is -2.36. The van der Waals surface area contributed by atoms with E-state index in [0.717, 1.165) is 61.6 Å². The fourth-order valence-electron chi connectivity index (χ4n) is 6.21. The molecule has 1 N–H and O–H groups in total. The molecule has 0 aliphatic rings. The molecular weight excluding hydrogens is 685 g/mol. The number of ether oxygens (including phenoxy) is 5. The lowest BCUT2D eigenvalue weighted by molar-refractivity contribution is -0.0270. The second kappa shape index (κ2) is 19.8. The van der Waals surface area contributed by atoms with Crippen molar-refractivity contribution >= 4 is 0 Å². The van der Waals surface area contributed by atoms with Crippen molar-refractivity contribution < 1.29 is 28.8 Å². The van der Waals surface area contributed by atoms with Crippen molar-refractivity contribution in [3.8, 4) is 35.2 Å². The van der Waals surface area contributed by atoms with Gasteiger partial charge in [-0.05, 0) is 94.5 Å². The van der Waals surface area contributed by atoms with E-state index in [1.54, 1.807) is 14.2 Å². The van der Waals surface area contributed by atoms with E-state index in [1.165, 1.54) is 0 Å². The average molecular weight is 729 g/mol. The van der Waals surface area contributed by atoms with E-state index >= 15 is 0 Å². The van der Waals surface area contributed by atoms with Gasteiger partial charge in [-0.25, -0.2) is 0 Å². The number of aliphatic hydroxyl groups excluding tert-OH is 1. The number of benzene rings is 6. The highest BCUT2D eigenvalue weighted by molar-refractivity contribution is 5.51. The van der Waals surface area contributed by atoms with Crippen molar-refractivity contribution in [2.24, 2.45) is 0 Å². The van der Waals surface area contributed by atoms with Crippen LogP contribution < -0.4 is 9.47 Å². The maximum atomic E-state index is 8.95. The third-order valence-corrected chi connectivity index (χ3v) is 8.91. The molecule has 0 radical (unpaired) electrons. The summed E-state index contributed by atoms with van der Waals surface area (Å²) in [6.07, 6.45) is 0. The monoisotopic (exact) mass is 728 g/mol. The quantitative estimate of drug-likeness (QED) is 0.0650. The lowest BCUT2D eigenvalue weighted by Crippen LogP contribution is -2.34. The summed E-state index contributed by atoms with van der Waals surface area (Å²) in [5, 5.41) is 8.95. The van der Waals surface area contributed by atoms with Crippen molar-refractivity contribution in [1.82, 2.24) is 0 Å². The van der Waals surface area contributed by atoms with Gasteiger partial charge in [0.25, 0.3) is 0 Å². The highest BCUT2D eigenvalue weighted by Gasteiger charge is 2.37. The van der Waals surface area contributed by atoms with Crippen molar-refractivity contribution in [3.05, 3.63) is 202 Å². The second-order valence-electron chi connectivity index (χ2n) is 12.7. The van der Waals surface area contributed by atoms with Gasteiger partial charge in [0.1, 0.15) is 17.1 Å². The van der Waals surface area contributed by atoms with E-state index in [-0.39, 0.29) is 6.61 Å². The number of methoxy groups -OCH3 is 2. The molecular formula is C49H44O6. The number of aliphatic hydroxyl groups is 1. The Bertz CT molecular complexity index is 2190. The Kier molecular flexibility index (Phi) is 13.9. The van der Waals surface area contributed by atoms with Crippen LogP contribution in [0.25, 0.3) is 0 Å². The topological polar surface area (TPSA) is 66.4 Å². The molecule has 276 valence electrons. The molecule has 0 aliphatic carbocycles. The predicted octanol–water partition coefficient (Wildman–Crippen LogP) is 8.54. The normalized spacial score (nSPS) is 10.8. The minimum Gasteiger partial charge on any atom is -0.497 e. The zero-order chi connectivity index (χ0) is 38.1. The van der Waals surface area contributed by atoms with E-state index in [1.807, 2.05) is 133 Å². The summed E-state index contributed by atoms with van der Waals surface area (Å²) in [5.74, 6) is 14.6. The first-order valence-corrected chi connectivity index (χ1v) is 18.2. The summed E-state index contributed by atoms with van der Waals surface area (Å²) in [5.41, 5.74) is 7.65. The zero-order valence-electron chi connectivity index (χ0n) is 31.2. The van der Waals surface area contributed by atoms with Gasteiger partial charge in [-0.3, -0.25) is 0 Å². The summed E-state index contributed by atoms with van der Waals surface area (Å²) in [6.45, 7) is 1.90. The molecule has 6 heteroatoms. The van der Waals surface area contributed by atoms with E-state index < -0.39 is 5.60 Å². The van der Waals surface area contributed by atoms with Gasteiger partial charge in [-0.2, -0.15) is 0 Å². The molecule has 0 atom stereocenters. The molecule has 0 saturated heterocycles. The van der Waals surface area contributed by atoms with Crippen molar-refractivity contribution in [2.45, 2.75) is 18.8 Å². The third kappa shape index (κ3) is 10.5. The molecule has 0 saturated carbocycles. The summed E-state index contributed by atoms with van der Waals surface area (Å²) in [6, 6.07) is 50.2. The van der Waals surface area contributed by atoms with Gasteiger partial charge in [0, 0.05) is 22.3 Å². The van der Waals surface area contributed by atoms with Crippen LogP contribution in [0.15, 0.2) is 152 Å². The van der Waals surface area contributed by atoms with Gasteiger partial charge in [0.2, 0.25) is 0 Å². The second-order valence-corrected chi connectivity index (χ2v) is 12.7. The summed E-state index contributed by atoms with van der Waals surface area (Å²) in [7, 11) is 3.33. The minimum atomic E-state index is -0.900. The van der Waals surface area contributed by atoms with Gasteiger partial charge in [-0.15, -0.1) is 0 Å². The van der Waals surface area contributed by atoms with Crippen LogP contribution in [0.1, 0.15) is 50.1 Å². The smallest absolute Gasteiger partial charge is 0.143 e. The standard InChI is InChI=1S/C49H44O6/c1-51-47-25-21-45(22-26-47)49(44-15-4-3-5-16-44,46-23-27-48(52-2)28-24-46)55-32-31-54-37-43-14-8-12-41(35-43)20-18-39-10-6-9-38(33-39)17-19-40-11-7-13-42(34-40)36-53-30-29-50/h3-16,21-28,33-35,50H,29-32,36-37H2,1-2H3. The molecule has 55 heavy (non-hydrogen) atoms. The molecule has 6 aromatic carbocycles. The summed E-state index contributed by atoms with van der Waals surface area (Å²) >= 11 is 0. The molecule has 0 heterocycles. The maximum Gasteiger partial charge on any atom is 0.143 e. The fraction of sp³-hybridized carbons (Fsp3) is 0.184. The highest BCUT2D eigenvalue weighted by Crippen LogP contribution is 2.41. The Morgan fingerprint density at radius 1 is 0.455 bits per heavy atom. The minimum absolute atomic E-state index is 0.00517. The van der Waals surface area contributed by atoms with Crippen LogP contribution in [0.2, 0.25) is 0 Å². The summed E-state index contributed by atoms with van der Waals surface area (Å²) in [4.78, 5) is 0. The van der Waals surface area contributed by atoms with E-state index in [9.17, 15) is 0 Å². The van der Waals surface area contributed by atoms with Crippen molar-refractivity contribution in [2.75, 3.05) is 40.6 Å². The van der Waals surface area contributed by atoms with Gasteiger partial charge in [0.05, 0.1) is 53.9 Å². The van der Waals surface area contributed by atoms with Gasteiger partial charge < -0.3 is 28.8 Å². The molecule has 0 fully saturated rings.